The van der Waals surface area contributed by atoms with E-state index in [0.29, 0.717) is 11.3 Å². The van der Waals surface area contributed by atoms with E-state index in [1.807, 2.05) is 42.5 Å². The Kier molecular flexibility index (Phi) is 6.67. The normalized spacial score (nSPS) is 11.7. The monoisotopic (exact) mass is 407 g/mol. The van der Waals surface area contributed by atoms with Gasteiger partial charge in [0.25, 0.3) is 5.91 Å². The Bertz CT molecular complexity index is 1050. The molecule has 0 spiro atoms. The summed E-state index contributed by atoms with van der Waals surface area (Å²) in [6.45, 7) is 3.00. The Morgan fingerprint density at radius 3 is 2.34 bits per heavy atom. The van der Waals surface area contributed by atoms with Gasteiger partial charge in [0.1, 0.15) is 0 Å². The molecule has 0 fully saturated rings. The fourth-order valence-corrected chi connectivity index (χ4v) is 3.44. The second-order valence-electron chi connectivity index (χ2n) is 6.55. The van der Waals surface area contributed by atoms with Crippen molar-refractivity contribution in [3.8, 4) is 0 Å². The molecule has 0 saturated carbocycles. The van der Waals surface area contributed by atoms with Gasteiger partial charge in [0.15, 0.2) is 11.9 Å². The van der Waals surface area contributed by atoms with Crippen LogP contribution in [0.4, 0.5) is 5.69 Å². The lowest BCUT2D eigenvalue weighted by atomic mass is 10.1. The molecule has 0 aliphatic carbocycles. The Labute approximate surface area is 173 Å². The van der Waals surface area contributed by atoms with Crippen molar-refractivity contribution in [3.63, 3.8) is 0 Å². The number of ketones is 1. The smallest absolute Gasteiger partial charge is 0.317 e. The zero-order valence-corrected chi connectivity index (χ0v) is 17.0. The van der Waals surface area contributed by atoms with Gasteiger partial charge in [0, 0.05) is 16.1 Å². The fourth-order valence-electron chi connectivity index (χ4n) is 2.72. The molecule has 6 heteroatoms. The summed E-state index contributed by atoms with van der Waals surface area (Å²) < 4.78 is 5.23. The Balaban J connectivity index is 1.49. The second-order valence-corrected chi connectivity index (χ2v) is 7.60. The predicted octanol–water partition coefficient (Wildman–Crippen LogP) is 4.70. The molecule has 0 heterocycles. The third-order valence-electron chi connectivity index (χ3n) is 4.31. The summed E-state index contributed by atoms with van der Waals surface area (Å²) >= 11 is 1.37. The summed E-state index contributed by atoms with van der Waals surface area (Å²) in [7, 11) is 0. The average Bonchev–Trinajstić information content (AvgIpc) is 2.72. The number of carbonyl (C=O) groups is 3. The maximum absolute atomic E-state index is 12.2. The molecule has 0 aromatic heterocycles. The molecule has 3 aromatic carbocycles. The molecule has 0 aliphatic heterocycles. The number of Topliss-reactive ketones (excluding diaryl/α,β-unsaturated/α-hetero) is 1. The van der Waals surface area contributed by atoms with E-state index in [-0.39, 0.29) is 11.5 Å². The third kappa shape index (κ3) is 5.68. The van der Waals surface area contributed by atoms with Crippen molar-refractivity contribution in [3.05, 3.63) is 72.3 Å². The van der Waals surface area contributed by atoms with Gasteiger partial charge in [-0.25, -0.2) is 0 Å². The van der Waals surface area contributed by atoms with Gasteiger partial charge >= 0.3 is 5.97 Å². The Morgan fingerprint density at radius 1 is 0.966 bits per heavy atom. The SMILES string of the molecule is CC(=O)c1ccc(NC(=O)[C@H](C)OC(=O)CSc2ccc3ccccc3c2)cc1. The Hall–Kier alpha value is -3.12. The number of nitrogens with one attached hydrogen (secondary N) is 1. The van der Waals surface area contributed by atoms with Crippen LogP contribution in [-0.2, 0) is 14.3 Å². The van der Waals surface area contributed by atoms with Gasteiger partial charge in [-0.1, -0.05) is 30.3 Å². The van der Waals surface area contributed by atoms with Gasteiger partial charge in [-0.2, -0.15) is 0 Å². The standard InChI is InChI=1S/C23H21NO4S/c1-15(25)17-7-10-20(11-8-17)24-23(27)16(2)28-22(26)14-29-21-12-9-18-5-3-4-6-19(18)13-21/h3-13,16H,14H2,1-2H3,(H,24,27)/t16-/m0/s1. The highest BCUT2D eigenvalue weighted by molar-refractivity contribution is 8.00. The molecule has 3 aromatic rings. The van der Waals surface area contributed by atoms with E-state index >= 15 is 0 Å². The number of carbonyl (C=O) groups excluding carboxylic acids is 3. The summed E-state index contributed by atoms with van der Waals surface area (Å²) in [6.07, 6.45) is -0.924. The first-order valence-corrected chi connectivity index (χ1v) is 10.1. The molecular formula is C23H21NO4S. The minimum absolute atomic E-state index is 0.0471. The number of benzene rings is 3. The van der Waals surface area contributed by atoms with Gasteiger partial charge in [-0.3, -0.25) is 14.4 Å². The maximum atomic E-state index is 12.2. The molecule has 1 N–H and O–H groups in total. The Morgan fingerprint density at radius 2 is 1.66 bits per heavy atom. The van der Waals surface area contributed by atoms with Crippen LogP contribution in [0.25, 0.3) is 10.8 Å². The number of hydrogen-bond donors (Lipinski definition) is 1. The second kappa shape index (κ2) is 9.39. The lowest BCUT2D eigenvalue weighted by molar-refractivity contribution is -0.150. The van der Waals surface area contributed by atoms with Gasteiger partial charge in [0.05, 0.1) is 5.75 Å². The zero-order valence-electron chi connectivity index (χ0n) is 16.2. The van der Waals surface area contributed by atoms with E-state index in [1.165, 1.54) is 25.6 Å². The van der Waals surface area contributed by atoms with Crippen LogP contribution in [0.5, 0.6) is 0 Å². The minimum atomic E-state index is -0.924. The minimum Gasteiger partial charge on any atom is -0.452 e. The summed E-state index contributed by atoms with van der Waals surface area (Å²) in [5.74, 6) is -0.819. The molecule has 0 saturated heterocycles. The number of fused-ring (bicyclic) bond motifs is 1. The van der Waals surface area contributed by atoms with Crippen LogP contribution < -0.4 is 5.32 Å². The molecule has 0 unspecified atom stereocenters. The molecule has 148 valence electrons. The van der Waals surface area contributed by atoms with Crippen LogP contribution in [0.1, 0.15) is 24.2 Å². The third-order valence-corrected chi connectivity index (χ3v) is 5.28. The number of amides is 1. The summed E-state index contributed by atoms with van der Waals surface area (Å²) in [6, 6.07) is 20.5. The maximum Gasteiger partial charge on any atom is 0.317 e. The van der Waals surface area contributed by atoms with Crippen molar-refractivity contribution in [2.45, 2.75) is 24.8 Å². The summed E-state index contributed by atoms with van der Waals surface area (Å²) in [5, 5.41) is 4.92. The molecule has 0 radical (unpaired) electrons. The van der Waals surface area contributed by atoms with Crippen LogP contribution in [-0.4, -0.2) is 29.5 Å². The topological polar surface area (TPSA) is 72.5 Å². The number of rotatable bonds is 7. The molecule has 5 nitrogen and oxygen atoms in total. The average molecular weight is 407 g/mol. The lowest BCUT2D eigenvalue weighted by Gasteiger charge is -2.13. The van der Waals surface area contributed by atoms with Gasteiger partial charge in [-0.05, 0) is 61.0 Å². The predicted molar refractivity (Wildman–Crippen MR) is 115 cm³/mol. The van der Waals surface area contributed by atoms with Crippen LogP contribution in [0.3, 0.4) is 0 Å². The quantitative estimate of drug-likeness (QED) is 0.349. The molecule has 0 bridgehead atoms. The highest BCUT2D eigenvalue weighted by Crippen LogP contribution is 2.23. The summed E-state index contributed by atoms with van der Waals surface area (Å²) in [4.78, 5) is 36.6. The molecule has 29 heavy (non-hydrogen) atoms. The van der Waals surface area contributed by atoms with E-state index in [2.05, 4.69) is 5.32 Å². The van der Waals surface area contributed by atoms with E-state index in [0.717, 1.165) is 15.7 Å². The van der Waals surface area contributed by atoms with Crippen molar-refractivity contribution >= 4 is 45.9 Å². The zero-order chi connectivity index (χ0) is 20.8. The van der Waals surface area contributed by atoms with Crippen molar-refractivity contribution in [1.29, 1.82) is 0 Å². The molecule has 1 amide bonds. The van der Waals surface area contributed by atoms with Crippen LogP contribution in [0, 0.1) is 0 Å². The van der Waals surface area contributed by atoms with Crippen molar-refractivity contribution in [2.75, 3.05) is 11.1 Å². The number of ether oxygens (including phenoxy) is 1. The van der Waals surface area contributed by atoms with Crippen LogP contribution >= 0.6 is 11.8 Å². The van der Waals surface area contributed by atoms with Crippen molar-refractivity contribution in [2.24, 2.45) is 0 Å². The van der Waals surface area contributed by atoms with Crippen LogP contribution in [0.15, 0.2) is 71.6 Å². The van der Waals surface area contributed by atoms with Gasteiger partial charge in [0.2, 0.25) is 0 Å². The van der Waals surface area contributed by atoms with E-state index in [4.69, 9.17) is 4.74 Å². The highest BCUT2D eigenvalue weighted by Gasteiger charge is 2.18. The van der Waals surface area contributed by atoms with Crippen LogP contribution in [0.2, 0.25) is 0 Å². The largest absolute Gasteiger partial charge is 0.452 e. The lowest BCUT2D eigenvalue weighted by Crippen LogP contribution is -2.30. The fraction of sp³-hybridized carbons (Fsp3) is 0.174. The number of thioether (sulfide) groups is 1. The molecule has 3 rings (SSSR count). The molecular weight excluding hydrogens is 386 g/mol. The van der Waals surface area contributed by atoms with E-state index < -0.39 is 18.0 Å². The first-order valence-electron chi connectivity index (χ1n) is 9.15. The van der Waals surface area contributed by atoms with E-state index in [1.54, 1.807) is 24.3 Å². The van der Waals surface area contributed by atoms with Crippen molar-refractivity contribution in [1.82, 2.24) is 0 Å². The number of anilines is 1. The van der Waals surface area contributed by atoms with E-state index in [9.17, 15) is 14.4 Å². The van der Waals surface area contributed by atoms with Gasteiger partial charge < -0.3 is 10.1 Å². The first-order chi connectivity index (χ1) is 13.9. The van der Waals surface area contributed by atoms with Crippen molar-refractivity contribution < 1.29 is 19.1 Å². The summed E-state index contributed by atoms with van der Waals surface area (Å²) in [5.41, 5.74) is 1.10. The number of hydrogen-bond acceptors (Lipinski definition) is 5. The molecule has 1 atom stereocenters. The van der Waals surface area contributed by atoms with Gasteiger partial charge in [-0.15, -0.1) is 11.8 Å². The molecule has 0 aliphatic rings. The number of esters is 1. The highest BCUT2D eigenvalue weighted by atomic mass is 32.2. The first kappa shape index (κ1) is 20.6.